The zero-order valence-corrected chi connectivity index (χ0v) is 14.3. The third kappa shape index (κ3) is 4.71. The molecule has 0 saturated heterocycles. The lowest BCUT2D eigenvalue weighted by atomic mass is 9.89. The largest absolute Gasteiger partial charge is 0.379 e. The van der Waals surface area contributed by atoms with E-state index < -0.39 is 10.8 Å². The molecule has 7 heteroatoms. The number of ether oxygens (including phenoxy) is 1. The van der Waals surface area contributed by atoms with E-state index >= 15 is 0 Å². The highest BCUT2D eigenvalue weighted by Crippen LogP contribution is 2.25. The van der Waals surface area contributed by atoms with Gasteiger partial charge in [0, 0.05) is 24.6 Å². The van der Waals surface area contributed by atoms with Crippen LogP contribution >= 0.6 is 11.8 Å². The first-order valence-corrected chi connectivity index (χ1v) is 8.06. The number of hydrogen-bond donors (Lipinski definition) is 1. The van der Waals surface area contributed by atoms with Gasteiger partial charge in [-0.15, -0.1) is 11.8 Å². The maximum atomic E-state index is 12.3. The molecular formula is C15H22N2O4S. The lowest BCUT2D eigenvalue weighted by Gasteiger charge is -2.29. The number of amides is 1. The summed E-state index contributed by atoms with van der Waals surface area (Å²) in [5.74, 6) is -0.464. The van der Waals surface area contributed by atoms with E-state index in [9.17, 15) is 14.9 Å². The van der Waals surface area contributed by atoms with Crippen molar-refractivity contribution in [2.24, 2.45) is 5.41 Å². The number of nitro benzene ring substituents is 1. The molecule has 1 aromatic carbocycles. The fraction of sp³-hybridized carbons (Fsp3) is 0.533. The second kappa shape index (κ2) is 7.60. The molecule has 0 aliphatic heterocycles. The molecule has 1 unspecified atom stereocenters. The van der Waals surface area contributed by atoms with Crippen LogP contribution in [0.4, 0.5) is 5.69 Å². The van der Waals surface area contributed by atoms with E-state index in [-0.39, 0.29) is 22.8 Å². The van der Waals surface area contributed by atoms with E-state index in [4.69, 9.17) is 4.74 Å². The molecule has 1 N–H and O–H groups in total. The molecule has 0 aromatic heterocycles. The maximum Gasteiger partial charge on any atom is 0.282 e. The minimum Gasteiger partial charge on any atom is -0.379 e. The van der Waals surface area contributed by atoms with E-state index in [1.165, 1.54) is 23.9 Å². The Balaban J connectivity index is 2.95. The Bertz CT molecular complexity index is 555. The summed E-state index contributed by atoms with van der Waals surface area (Å²) in [6.45, 7) is 6.30. The molecule has 1 atom stereocenters. The molecule has 0 fully saturated rings. The van der Waals surface area contributed by atoms with Gasteiger partial charge in [0.1, 0.15) is 5.56 Å². The zero-order valence-electron chi connectivity index (χ0n) is 13.5. The molecule has 0 spiro atoms. The van der Waals surface area contributed by atoms with Crippen molar-refractivity contribution in [2.75, 3.05) is 19.9 Å². The van der Waals surface area contributed by atoms with Gasteiger partial charge in [-0.1, -0.05) is 20.8 Å². The molecule has 0 aliphatic rings. The van der Waals surface area contributed by atoms with Crippen molar-refractivity contribution in [1.82, 2.24) is 5.32 Å². The summed E-state index contributed by atoms with van der Waals surface area (Å²) in [7, 11) is 1.58. The maximum absolute atomic E-state index is 12.3. The average Bonchev–Trinajstić information content (AvgIpc) is 2.45. The minimum atomic E-state index is -0.545. The monoisotopic (exact) mass is 326 g/mol. The normalized spacial score (nSPS) is 12.8. The van der Waals surface area contributed by atoms with Crippen LogP contribution in [0.2, 0.25) is 0 Å². The Morgan fingerprint density at radius 2 is 2.09 bits per heavy atom. The molecule has 1 aromatic rings. The van der Waals surface area contributed by atoms with Gasteiger partial charge >= 0.3 is 0 Å². The highest BCUT2D eigenvalue weighted by molar-refractivity contribution is 7.98. The fourth-order valence-electron chi connectivity index (χ4n) is 2.01. The summed E-state index contributed by atoms with van der Waals surface area (Å²) in [4.78, 5) is 23.6. The number of rotatable bonds is 6. The minimum absolute atomic E-state index is 0.0700. The SMILES string of the molecule is COC(CNC(=O)c1cc(SC)ccc1[N+](=O)[O-])C(C)(C)C. The lowest BCUT2D eigenvalue weighted by molar-refractivity contribution is -0.385. The van der Waals surface area contributed by atoms with Crippen LogP contribution in [0.5, 0.6) is 0 Å². The summed E-state index contributed by atoms with van der Waals surface area (Å²) in [5.41, 5.74) is -0.268. The predicted molar refractivity (Wildman–Crippen MR) is 87.5 cm³/mol. The number of hydrogen-bond acceptors (Lipinski definition) is 5. The van der Waals surface area contributed by atoms with Crippen molar-refractivity contribution in [3.63, 3.8) is 0 Å². The third-order valence-electron chi connectivity index (χ3n) is 3.34. The summed E-state index contributed by atoms with van der Waals surface area (Å²) in [6.07, 6.45) is 1.67. The van der Waals surface area contributed by atoms with E-state index in [1.807, 2.05) is 27.0 Å². The van der Waals surface area contributed by atoms with E-state index in [0.717, 1.165) is 4.90 Å². The number of nitrogens with one attached hydrogen (secondary N) is 1. The Kier molecular flexibility index (Phi) is 6.37. The smallest absolute Gasteiger partial charge is 0.282 e. The first-order chi connectivity index (χ1) is 10.2. The number of carbonyl (C=O) groups excluding carboxylic acids is 1. The van der Waals surface area contributed by atoms with Crippen LogP contribution in [-0.4, -0.2) is 36.8 Å². The number of thioether (sulfide) groups is 1. The second-order valence-electron chi connectivity index (χ2n) is 5.94. The average molecular weight is 326 g/mol. The van der Waals surface area contributed by atoms with Gasteiger partial charge in [0.05, 0.1) is 11.0 Å². The molecule has 0 radical (unpaired) electrons. The van der Waals surface area contributed by atoms with Crippen LogP contribution in [0.25, 0.3) is 0 Å². The summed E-state index contributed by atoms with van der Waals surface area (Å²) in [6, 6.07) is 4.53. The van der Waals surface area contributed by atoms with Crippen LogP contribution in [0.1, 0.15) is 31.1 Å². The number of benzene rings is 1. The Morgan fingerprint density at radius 1 is 1.45 bits per heavy atom. The van der Waals surface area contributed by atoms with E-state index in [0.29, 0.717) is 6.54 Å². The molecule has 6 nitrogen and oxygen atoms in total. The van der Waals surface area contributed by atoms with Gasteiger partial charge in [0.2, 0.25) is 0 Å². The van der Waals surface area contributed by atoms with E-state index in [1.54, 1.807) is 13.2 Å². The molecule has 0 heterocycles. The predicted octanol–water partition coefficient (Wildman–Crippen LogP) is 3.11. The number of nitrogens with zero attached hydrogens (tertiary/aromatic N) is 1. The molecule has 122 valence electrons. The van der Waals surface area contributed by atoms with Crippen LogP contribution < -0.4 is 5.32 Å². The Morgan fingerprint density at radius 3 is 2.55 bits per heavy atom. The van der Waals surface area contributed by atoms with E-state index in [2.05, 4.69) is 5.32 Å². The first-order valence-electron chi connectivity index (χ1n) is 6.84. The lowest BCUT2D eigenvalue weighted by Crippen LogP contribution is -2.40. The van der Waals surface area contributed by atoms with Crippen molar-refractivity contribution in [1.29, 1.82) is 0 Å². The Hall–Kier alpha value is -1.60. The number of carbonyl (C=O) groups is 1. The van der Waals surface area contributed by atoms with Gasteiger partial charge in [-0.3, -0.25) is 14.9 Å². The van der Waals surface area contributed by atoms with Gasteiger partial charge in [-0.05, 0) is 23.8 Å². The summed E-state index contributed by atoms with van der Waals surface area (Å²) in [5, 5.41) is 13.8. The van der Waals surface area contributed by atoms with Crippen LogP contribution in [-0.2, 0) is 4.74 Å². The molecule has 0 saturated carbocycles. The number of nitro groups is 1. The van der Waals surface area contributed by atoms with Gasteiger partial charge in [0.15, 0.2) is 0 Å². The fourth-order valence-corrected chi connectivity index (χ4v) is 2.45. The zero-order chi connectivity index (χ0) is 16.9. The summed E-state index contributed by atoms with van der Waals surface area (Å²) < 4.78 is 5.37. The van der Waals surface area contributed by atoms with Gasteiger partial charge in [0.25, 0.3) is 11.6 Å². The summed E-state index contributed by atoms with van der Waals surface area (Å²) >= 11 is 1.43. The topological polar surface area (TPSA) is 81.5 Å². The van der Waals surface area contributed by atoms with Crippen molar-refractivity contribution in [3.8, 4) is 0 Å². The number of methoxy groups -OCH3 is 1. The molecule has 0 bridgehead atoms. The highest BCUT2D eigenvalue weighted by Gasteiger charge is 2.26. The van der Waals surface area contributed by atoms with Crippen molar-refractivity contribution in [3.05, 3.63) is 33.9 Å². The van der Waals surface area contributed by atoms with Crippen molar-refractivity contribution >= 4 is 23.4 Å². The molecule has 22 heavy (non-hydrogen) atoms. The molecule has 0 aliphatic carbocycles. The van der Waals surface area contributed by atoms with Crippen molar-refractivity contribution in [2.45, 2.75) is 31.8 Å². The quantitative estimate of drug-likeness (QED) is 0.493. The van der Waals surface area contributed by atoms with Gasteiger partial charge in [-0.25, -0.2) is 0 Å². The molecule has 1 rings (SSSR count). The van der Waals surface area contributed by atoms with Gasteiger partial charge < -0.3 is 10.1 Å². The molecule has 1 amide bonds. The standard InChI is InChI=1S/C15H22N2O4S/c1-15(2,3)13(21-4)9-16-14(18)11-8-10(22-5)6-7-12(11)17(19)20/h6-8,13H,9H2,1-5H3,(H,16,18). The van der Waals surface area contributed by atoms with Crippen molar-refractivity contribution < 1.29 is 14.5 Å². The first kappa shape index (κ1) is 18.4. The van der Waals surface area contributed by atoms with Crippen LogP contribution in [0.3, 0.4) is 0 Å². The Labute approximate surface area is 134 Å². The molecular weight excluding hydrogens is 304 g/mol. The third-order valence-corrected chi connectivity index (χ3v) is 4.07. The second-order valence-corrected chi connectivity index (χ2v) is 6.82. The van der Waals surface area contributed by atoms with Crippen LogP contribution in [0.15, 0.2) is 23.1 Å². The van der Waals surface area contributed by atoms with Crippen LogP contribution in [0, 0.1) is 15.5 Å². The highest BCUT2D eigenvalue weighted by atomic mass is 32.2. The van der Waals surface area contributed by atoms with Gasteiger partial charge in [-0.2, -0.15) is 0 Å².